The van der Waals surface area contributed by atoms with Gasteiger partial charge in [-0.1, -0.05) is 11.3 Å². The topological polar surface area (TPSA) is 80.0 Å². The third-order valence-electron chi connectivity index (χ3n) is 2.10. The van der Waals surface area contributed by atoms with Gasteiger partial charge < -0.3 is 16.4 Å². The summed E-state index contributed by atoms with van der Waals surface area (Å²) in [5.74, 6) is 0.172. The molecule has 1 aromatic heterocycles. The lowest BCUT2D eigenvalue weighted by Gasteiger charge is -1.98. The van der Waals surface area contributed by atoms with Gasteiger partial charge in [-0.05, 0) is 19.8 Å². The number of nitrogen functional groups attached to an aromatic ring is 1. The van der Waals surface area contributed by atoms with Crippen LogP contribution in [0.25, 0.3) is 0 Å². The largest absolute Gasteiger partial charge is 0.382 e. The van der Waals surface area contributed by atoms with Gasteiger partial charge in [-0.2, -0.15) is 0 Å². The Labute approximate surface area is 92.1 Å². The average molecular weight is 226 g/mol. The number of rotatable bonds is 4. The summed E-state index contributed by atoms with van der Waals surface area (Å²) in [4.78, 5) is 16.2. The zero-order valence-electron chi connectivity index (χ0n) is 8.54. The molecule has 2 rings (SSSR count). The quantitative estimate of drug-likeness (QED) is 0.717. The smallest absolute Gasteiger partial charge is 0.265 e. The number of hydrogen-bond donors (Lipinski definition) is 3. The van der Waals surface area contributed by atoms with Crippen molar-refractivity contribution >= 4 is 28.2 Å². The highest BCUT2D eigenvalue weighted by atomic mass is 32.1. The van der Waals surface area contributed by atoms with E-state index in [4.69, 9.17) is 5.73 Å². The molecule has 0 unspecified atom stereocenters. The van der Waals surface area contributed by atoms with Crippen LogP contribution in [-0.2, 0) is 0 Å². The van der Waals surface area contributed by atoms with E-state index in [1.807, 2.05) is 6.92 Å². The Morgan fingerprint density at radius 2 is 2.40 bits per heavy atom. The summed E-state index contributed by atoms with van der Waals surface area (Å²) in [5.41, 5.74) is 5.67. The zero-order chi connectivity index (χ0) is 10.8. The van der Waals surface area contributed by atoms with Crippen LogP contribution in [0.4, 0.5) is 10.9 Å². The molecule has 1 aliphatic carbocycles. The second-order valence-electron chi connectivity index (χ2n) is 3.51. The molecule has 1 heterocycles. The number of nitrogens with two attached hydrogens (primary N) is 1. The fourth-order valence-electron chi connectivity index (χ4n) is 1.20. The van der Waals surface area contributed by atoms with Gasteiger partial charge in [0.1, 0.15) is 10.7 Å². The minimum absolute atomic E-state index is 0.142. The molecule has 6 heteroatoms. The molecule has 4 N–H and O–H groups in total. The molecule has 0 radical (unpaired) electrons. The second kappa shape index (κ2) is 4.06. The Bertz CT molecular complexity index is 372. The van der Waals surface area contributed by atoms with Gasteiger partial charge in [-0.25, -0.2) is 4.98 Å². The van der Waals surface area contributed by atoms with Gasteiger partial charge in [0.15, 0.2) is 5.13 Å². The second-order valence-corrected chi connectivity index (χ2v) is 4.51. The predicted molar refractivity (Wildman–Crippen MR) is 61.2 cm³/mol. The molecule has 1 amide bonds. The number of nitrogens with one attached hydrogen (secondary N) is 2. The maximum absolute atomic E-state index is 11.5. The van der Waals surface area contributed by atoms with E-state index >= 15 is 0 Å². The summed E-state index contributed by atoms with van der Waals surface area (Å²) in [6.07, 6.45) is 2.35. The molecule has 15 heavy (non-hydrogen) atoms. The monoisotopic (exact) mass is 226 g/mol. The Hall–Kier alpha value is -1.30. The lowest BCUT2D eigenvalue weighted by molar-refractivity contribution is 0.0960. The van der Waals surface area contributed by atoms with Crippen molar-refractivity contribution in [3.63, 3.8) is 0 Å². The van der Waals surface area contributed by atoms with Crippen molar-refractivity contribution in [2.75, 3.05) is 17.6 Å². The van der Waals surface area contributed by atoms with Crippen LogP contribution in [0.1, 0.15) is 29.4 Å². The van der Waals surface area contributed by atoms with Crippen LogP contribution in [0.2, 0.25) is 0 Å². The van der Waals surface area contributed by atoms with E-state index in [1.54, 1.807) is 0 Å². The summed E-state index contributed by atoms with van der Waals surface area (Å²) in [7, 11) is 0. The number of hydrogen-bond acceptors (Lipinski definition) is 5. The minimum atomic E-state index is -0.142. The average Bonchev–Trinajstić information content (AvgIpc) is 2.90. The van der Waals surface area contributed by atoms with E-state index in [1.165, 1.54) is 24.2 Å². The SMILES string of the molecule is CCNC(=O)c1sc(NC2CC2)nc1N. The van der Waals surface area contributed by atoms with Crippen LogP contribution in [0.3, 0.4) is 0 Å². The van der Waals surface area contributed by atoms with Gasteiger partial charge in [-0.15, -0.1) is 0 Å². The molecule has 0 aromatic carbocycles. The first-order valence-corrected chi connectivity index (χ1v) is 5.83. The summed E-state index contributed by atoms with van der Waals surface area (Å²) < 4.78 is 0. The van der Waals surface area contributed by atoms with Crippen molar-refractivity contribution in [3.05, 3.63) is 4.88 Å². The first kappa shape index (κ1) is 10.2. The summed E-state index contributed by atoms with van der Waals surface area (Å²) in [6.45, 7) is 2.47. The van der Waals surface area contributed by atoms with Gasteiger partial charge in [0, 0.05) is 12.6 Å². The minimum Gasteiger partial charge on any atom is -0.382 e. The molecule has 1 fully saturated rings. The predicted octanol–water partition coefficient (Wildman–Crippen LogP) is 1.05. The lowest BCUT2D eigenvalue weighted by atomic mass is 10.4. The molecule has 0 saturated heterocycles. The van der Waals surface area contributed by atoms with Crippen LogP contribution < -0.4 is 16.4 Å². The van der Waals surface area contributed by atoms with Crippen molar-refractivity contribution < 1.29 is 4.79 Å². The van der Waals surface area contributed by atoms with Crippen LogP contribution in [0, 0.1) is 0 Å². The highest BCUT2D eigenvalue weighted by molar-refractivity contribution is 7.18. The fraction of sp³-hybridized carbons (Fsp3) is 0.556. The molecule has 82 valence electrons. The van der Waals surface area contributed by atoms with Crippen molar-refractivity contribution in [2.24, 2.45) is 0 Å². The number of carbonyl (C=O) groups excluding carboxylic acids is 1. The molecular weight excluding hydrogens is 212 g/mol. The number of nitrogens with zero attached hydrogens (tertiary/aromatic N) is 1. The Morgan fingerprint density at radius 1 is 1.67 bits per heavy atom. The van der Waals surface area contributed by atoms with E-state index < -0.39 is 0 Å². The number of thiazole rings is 1. The standard InChI is InChI=1S/C9H14N4OS/c1-2-11-8(14)6-7(10)13-9(15-6)12-5-3-4-5/h5H,2-4,10H2,1H3,(H,11,14)(H,12,13). The summed E-state index contributed by atoms with van der Waals surface area (Å²) in [5, 5.41) is 6.68. The molecule has 1 aromatic rings. The number of aromatic nitrogens is 1. The van der Waals surface area contributed by atoms with Crippen molar-refractivity contribution in [2.45, 2.75) is 25.8 Å². The lowest BCUT2D eigenvalue weighted by Crippen LogP contribution is -2.22. The summed E-state index contributed by atoms with van der Waals surface area (Å²) in [6, 6.07) is 0.526. The molecule has 0 spiro atoms. The van der Waals surface area contributed by atoms with Gasteiger partial charge in [0.05, 0.1) is 0 Å². The van der Waals surface area contributed by atoms with Crippen molar-refractivity contribution in [1.82, 2.24) is 10.3 Å². The van der Waals surface area contributed by atoms with Crippen LogP contribution >= 0.6 is 11.3 Å². The number of carbonyl (C=O) groups is 1. The van der Waals surface area contributed by atoms with E-state index in [0.29, 0.717) is 23.3 Å². The molecule has 5 nitrogen and oxygen atoms in total. The number of anilines is 2. The van der Waals surface area contributed by atoms with Crippen LogP contribution in [-0.4, -0.2) is 23.5 Å². The first-order chi connectivity index (χ1) is 7.20. The molecule has 1 saturated carbocycles. The van der Waals surface area contributed by atoms with Crippen LogP contribution in [0.15, 0.2) is 0 Å². The Kier molecular flexibility index (Phi) is 2.77. The molecule has 1 aliphatic rings. The molecule has 0 aliphatic heterocycles. The summed E-state index contributed by atoms with van der Waals surface area (Å²) >= 11 is 1.32. The van der Waals surface area contributed by atoms with E-state index in [2.05, 4.69) is 15.6 Å². The number of amides is 1. The van der Waals surface area contributed by atoms with Gasteiger partial charge in [0.25, 0.3) is 5.91 Å². The normalized spacial score (nSPS) is 15.0. The van der Waals surface area contributed by atoms with Gasteiger partial charge >= 0.3 is 0 Å². The van der Waals surface area contributed by atoms with Crippen molar-refractivity contribution in [1.29, 1.82) is 0 Å². The molecule has 0 atom stereocenters. The Balaban J connectivity index is 2.09. The van der Waals surface area contributed by atoms with Gasteiger partial charge in [0.2, 0.25) is 0 Å². The van der Waals surface area contributed by atoms with E-state index in [0.717, 1.165) is 5.13 Å². The molecular formula is C9H14N4OS. The zero-order valence-corrected chi connectivity index (χ0v) is 9.36. The van der Waals surface area contributed by atoms with Crippen molar-refractivity contribution in [3.8, 4) is 0 Å². The van der Waals surface area contributed by atoms with E-state index in [-0.39, 0.29) is 5.91 Å². The molecule has 0 bridgehead atoms. The maximum atomic E-state index is 11.5. The van der Waals surface area contributed by atoms with Gasteiger partial charge in [-0.3, -0.25) is 4.79 Å². The highest BCUT2D eigenvalue weighted by Crippen LogP contribution is 2.30. The third kappa shape index (κ3) is 2.38. The van der Waals surface area contributed by atoms with E-state index in [9.17, 15) is 4.79 Å². The maximum Gasteiger partial charge on any atom is 0.265 e. The Morgan fingerprint density at radius 3 is 3.00 bits per heavy atom. The van der Waals surface area contributed by atoms with Crippen LogP contribution in [0.5, 0.6) is 0 Å². The highest BCUT2D eigenvalue weighted by Gasteiger charge is 2.23. The first-order valence-electron chi connectivity index (χ1n) is 5.01. The fourth-order valence-corrected chi connectivity index (χ4v) is 2.08. The third-order valence-corrected chi connectivity index (χ3v) is 3.10.